The van der Waals surface area contributed by atoms with E-state index in [0.29, 0.717) is 0 Å². The van der Waals surface area contributed by atoms with Gasteiger partial charge in [-0.15, -0.1) is 0 Å². The van der Waals surface area contributed by atoms with E-state index in [4.69, 9.17) is 9.72 Å². The third kappa shape index (κ3) is 3.74. The summed E-state index contributed by atoms with van der Waals surface area (Å²) in [6.45, 7) is 0. The maximum Gasteiger partial charge on any atom is 0.119 e. The van der Waals surface area contributed by atoms with Crippen LogP contribution < -0.4 is 0 Å². The first-order chi connectivity index (χ1) is 2.41. The van der Waals surface area contributed by atoms with E-state index in [1.54, 1.807) is 0 Å². The highest BCUT2D eigenvalue weighted by Gasteiger charge is 1.46. The molecular formula is HO4Si-. The Morgan fingerprint density at radius 2 is 2.40 bits per heavy atom. The molecule has 0 spiro atoms. The summed E-state index contributed by atoms with van der Waals surface area (Å²) in [5.41, 5.74) is 0. The Morgan fingerprint density at radius 1 is 1.80 bits per heavy atom. The molecule has 0 aliphatic heterocycles. The van der Waals surface area contributed by atoms with E-state index < -0.39 is 9.65 Å². The largest absolute Gasteiger partial charge is 0.564 e. The summed E-state index contributed by atoms with van der Waals surface area (Å²) in [5.74, 6) is 0. The van der Waals surface area contributed by atoms with E-state index in [0.717, 1.165) is 0 Å². The zero-order valence-corrected chi connectivity index (χ0v) is 3.17. The topological polar surface area (TPSA) is 55.8 Å². The third-order valence-corrected chi connectivity index (χ3v) is 0.214. The minimum absolute atomic E-state index is 1.06. The zero-order valence-electron chi connectivity index (χ0n) is 2.17. The van der Waals surface area contributed by atoms with Crippen molar-refractivity contribution in [1.29, 1.82) is 0 Å². The summed E-state index contributed by atoms with van der Waals surface area (Å²) in [6, 6.07) is 0. The van der Waals surface area contributed by atoms with Crippen molar-refractivity contribution in [2.24, 2.45) is 0 Å². The van der Waals surface area contributed by atoms with E-state index in [2.05, 4.69) is 9.61 Å². The molecule has 0 aromatic heterocycles. The summed E-state index contributed by atoms with van der Waals surface area (Å²) >= 11 is 0. The van der Waals surface area contributed by atoms with Gasteiger partial charge in [-0.2, -0.15) is 0 Å². The first-order valence-corrected chi connectivity index (χ1v) is 1.57. The lowest BCUT2D eigenvalue weighted by Crippen LogP contribution is -1.83. The molecule has 0 unspecified atom stereocenters. The summed E-state index contributed by atoms with van der Waals surface area (Å²) < 4.78 is 12.4. The maximum atomic E-state index is 9.05. The molecule has 0 radical (unpaired) electrons. The Bertz CT molecular complexity index is 24.8. The van der Waals surface area contributed by atoms with Crippen LogP contribution in [0, 0.1) is 0 Å². The fourth-order valence-electron chi connectivity index (χ4n) is 0.0152. The molecule has 0 amide bonds. The second kappa shape index (κ2) is 3.74. The fraction of sp³-hybridized carbons (Fsp3) is 0. The molecule has 30 valence electrons. The van der Waals surface area contributed by atoms with Gasteiger partial charge in [-0.05, 0) is 0 Å². The van der Waals surface area contributed by atoms with Gasteiger partial charge in [-0.3, -0.25) is 0 Å². The second-order valence-electron chi connectivity index (χ2n) is 0.241. The molecule has 0 bridgehead atoms. The Labute approximate surface area is 30.2 Å². The third-order valence-electron chi connectivity index (χ3n) is 0.0713. The molecule has 1 N–H and O–H groups in total. The van der Waals surface area contributed by atoms with Crippen molar-refractivity contribution in [2.75, 3.05) is 0 Å². The van der Waals surface area contributed by atoms with Crippen molar-refractivity contribution in [3.05, 3.63) is 0 Å². The Morgan fingerprint density at radius 3 is 2.40 bits per heavy atom. The van der Waals surface area contributed by atoms with Crippen LogP contribution in [-0.2, 0) is 14.1 Å². The summed E-state index contributed by atoms with van der Waals surface area (Å²) in [4.78, 5) is 0. The number of hydrogen-bond donors (Lipinski definition) is 1. The molecule has 4 nitrogen and oxygen atoms in total. The average Bonchev–Trinajstić information content (AvgIpc) is 1.41. The van der Waals surface area contributed by atoms with Crippen molar-refractivity contribution in [1.82, 2.24) is 0 Å². The normalized spacial score (nSPS) is 6.60. The van der Waals surface area contributed by atoms with Gasteiger partial charge in [0.1, 0.15) is 9.65 Å². The molecular weight excluding hydrogens is 92.1 g/mol. The summed E-state index contributed by atoms with van der Waals surface area (Å²) in [5, 5.41) is 10.0. The van der Waals surface area contributed by atoms with Crippen molar-refractivity contribution in [3.8, 4) is 0 Å². The van der Waals surface area contributed by atoms with Crippen LogP contribution in [0.1, 0.15) is 0 Å². The first kappa shape index (κ1) is 4.74. The van der Waals surface area contributed by atoms with Gasteiger partial charge in [0.05, 0.1) is 0 Å². The maximum absolute atomic E-state index is 9.05. The minimum Gasteiger partial charge on any atom is -0.564 e. The highest BCUT2D eigenvalue weighted by molar-refractivity contribution is 6.06. The van der Waals surface area contributed by atoms with Crippen molar-refractivity contribution < 1.29 is 19.3 Å². The van der Waals surface area contributed by atoms with Gasteiger partial charge in [-0.1, -0.05) is 5.04 Å². The highest BCUT2D eigenvalue weighted by Crippen LogP contribution is 1.52. The van der Waals surface area contributed by atoms with Crippen molar-refractivity contribution in [3.63, 3.8) is 0 Å². The van der Waals surface area contributed by atoms with Crippen molar-refractivity contribution in [2.45, 2.75) is 0 Å². The quantitative estimate of drug-likeness (QED) is 0.280. The molecule has 0 atom stereocenters. The molecule has 0 aliphatic carbocycles. The Hall–Kier alpha value is -0.263. The van der Waals surface area contributed by atoms with E-state index in [1.165, 1.54) is 0 Å². The second-order valence-corrected chi connectivity index (χ2v) is 0.575. The van der Waals surface area contributed by atoms with E-state index >= 15 is 0 Å². The van der Waals surface area contributed by atoms with E-state index in [1.807, 2.05) is 0 Å². The molecule has 0 aliphatic rings. The van der Waals surface area contributed by atoms with Gasteiger partial charge < -0.3 is 9.04 Å². The predicted octanol–water partition coefficient (Wildman–Crippen LogP) is -0.628. The Balaban J connectivity index is 2.40. The molecule has 0 saturated heterocycles. The highest BCUT2D eigenvalue weighted by atomic mass is 28.2. The minimum atomic E-state index is -1.06. The molecule has 5 heteroatoms. The molecule has 0 aromatic rings. The summed E-state index contributed by atoms with van der Waals surface area (Å²) in [6.07, 6.45) is 0. The van der Waals surface area contributed by atoms with Gasteiger partial charge in [0.2, 0.25) is 0 Å². The molecule has 0 aromatic carbocycles. The van der Waals surface area contributed by atoms with E-state index in [9.17, 15) is 0 Å². The van der Waals surface area contributed by atoms with Gasteiger partial charge >= 0.3 is 0 Å². The van der Waals surface area contributed by atoms with E-state index in [-0.39, 0.29) is 0 Å². The van der Waals surface area contributed by atoms with Gasteiger partial charge in [-0.25, -0.2) is 5.26 Å². The standard InChI is InChI=1S/HO4Si/c1-3-4-5-2/h1H/q-1. The van der Waals surface area contributed by atoms with Crippen LogP contribution in [0.5, 0.6) is 0 Å². The zero-order chi connectivity index (χ0) is 4.12. The molecule has 0 rings (SSSR count). The van der Waals surface area contributed by atoms with Crippen LogP contribution in [0.25, 0.3) is 0 Å². The van der Waals surface area contributed by atoms with Crippen LogP contribution >= 0.6 is 0 Å². The van der Waals surface area contributed by atoms with Gasteiger partial charge in [0.25, 0.3) is 0 Å². The Kier molecular flexibility index (Phi) is 3.54. The van der Waals surface area contributed by atoms with Crippen LogP contribution in [0.4, 0.5) is 0 Å². The van der Waals surface area contributed by atoms with Crippen molar-refractivity contribution >= 4 is 9.65 Å². The number of rotatable bonds is 2. The predicted molar refractivity (Wildman–Crippen MR) is 11.2 cm³/mol. The fourth-order valence-corrected chi connectivity index (χ4v) is 0.0456. The van der Waals surface area contributed by atoms with Crippen LogP contribution in [0.15, 0.2) is 0 Å². The summed E-state index contributed by atoms with van der Waals surface area (Å²) in [7, 11) is -1.06. The van der Waals surface area contributed by atoms with Crippen LogP contribution in [0.3, 0.4) is 0 Å². The van der Waals surface area contributed by atoms with Crippen LogP contribution in [-0.4, -0.2) is 14.9 Å². The SMILES string of the molecule is O=[Si-]OOO. The number of hydrogen-bond acceptors (Lipinski definition) is 4. The monoisotopic (exact) mass is 93.0 g/mol. The molecule has 0 saturated carbocycles. The molecule has 0 heterocycles. The van der Waals surface area contributed by atoms with Gasteiger partial charge in [0, 0.05) is 0 Å². The lowest BCUT2D eigenvalue weighted by molar-refractivity contribution is -0.442. The average molecular weight is 93.1 g/mol. The van der Waals surface area contributed by atoms with Gasteiger partial charge in [0.15, 0.2) is 0 Å². The lowest BCUT2D eigenvalue weighted by Gasteiger charge is -1.92. The molecule has 0 fully saturated rings. The molecule has 5 heavy (non-hydrogen) atoms. The van der Waals surface area contributed by atoms with Crippen LogP contribution in [0.2, 0.25) is 0 Å². The smallest absolute Gasteiger partial charge is 0.119 e. The lowest BCUT2D eigenvalue weighted by atomic mass is 14.6. The first-order valence-electron chi connectivity index (χ1n) is 0.757.